The van der Waals surface area contributed by atoms with E-state index in [2.05, 4.69) is 10.6 Å². The minimum Gasteiger partial charge on any atom is -0.399 e. The van der Waals surface area contributed by atoms with Gasteiger partial charge in [0.15, 0.2) is 0 Å². The van der Waals surface area contributed by atoms with Gasteiger partial charge in [0.05, 0.1) is 12.7 Å². The van der Waals surface area contributed by atoms with Crippen molar-refractivity contribution in [2.24, 2.45) is 5.73 Å². The average Bonchev–Trinajstić information content (AvgIpc) is 2.33. The molecule has 3 amide bonds. The number of nitrogens with two attached hydrogens (primary N) is 2. The zero-order chi connectivity index (χ0) is 14.4. The number of primary amides is 1. The number of aliphatic hydroxyl groups excluding tert-OH is 2. The third-order valence-corrected chi connectivity index (χ3v) is 2.19. The SMILES string of the molecule is NC(=O)Nc1cc(N)cc(C(=O)NCC(O)CO)c1. The highest BCUT2D eigenvalue weighted by molar-refractivity contribution is 5.97. The molecule has 0 aliphatic carbocycles. The number of carbonyl (C=O) groups is 2. The maximum Gasteiger partial charge on any atom is 0.316 e. The van der Waals surface area contributed by atoms with E-state index >= 15 is 0 Å². The second-order valence-electron chi connectivity index (χ2n) is 3.88. The molecule has 1 atom stereocenters. The standard InChI is InChI=1S/C11H16N4O4/c12-7-1-6(2-8(3-7)15-11(13)19)10(18)14-4-9(17)5-16/h1-3,9,16-17H,4-5,12H2,(H,14,18)(H3,13,15,19). The van der Waals surface area contributed by atoms with Crippen LogP contribution in [0.5, 0.6) is 0 Å². The van der Waals surface area contributed by atoms with Gasteiger partial charge in [0.2, 0.25) is 0 Å². The summed E-state index contributed by atoms with van der Waals surface area (Å²) in [6, 6.07) is 3.48. The molecule has 8 heteroatoms. The lowest BCUT2D eigenvalue weighted by molar-refractivity contribution is 0.0802. The molecule has 19 heavy (non-hydrogen) atoms. The van der Waals surface area contributed by atoms with Crippen molar-refractivity contribution in [3.63, 3.8) is 0 Å². The van der Waals surface area contributed by atoms with Gasteiger partial charge in [-0.2, -0.15) is 0 Å². The van der Waals surface area contributed by atoms with E-state index in [4.69, 9.17) is 21.7 Å². The van der Waals surface area contributed by atoms with Crippen molar-refractivity contribution in [2.75, 3.05) is 24.2 Å². The molecule has 0 bridgehead atoms. The van der Waals surface area contributed by atoms with Gasteiger partial charge in [-0.05, 0) is 18.2 Å². The molecule has 1 aromatic carbocycles. The fraction of sp³-hybridized carbons (Fsp3) is 0.273. The number of hydrogen-bond acceptors (Lipinski definition) is 5. The highest BCUT2D eigenvalue weighted by Gasteiger charge is 2.10. The van der Waals surface area contributed by atoms with E-state index in [0.29, 0.717) is 5.69 Å². The predicted molar refractivity (Wildman–Crippen MR) is 69.5 cm³/mol. The Morgan fingerprint density at radius 1 is 1.32 bits per heavy atom. The summed E-state index contributed by atoms with van der Waals surface area (Å²) >= 11 is 0. The number of rotatable bonds is 5. The molecule has 104 valence electrons. The first-order chi connectivity index (χ1) is 8.92. The summed E-state index contributed by atoms with van der Waals surface area (Å²) in [7, 11) is 0. The first-order valence-corrected chi connectivity index (χ1v) is 5.46. The molecule has 1 aromatic rings. The molecule has 8 N–H and O–H groups in total. The number of aliphatic hydroxyl groups is 2. The summed E-state index contributed by atoms with van der Waals surface area (Å²) in [6.07, 6.45) is -1.03. The number of amides is 3. The summed E-state index contributed by atoms with van der Waals surface area (Å²) in [5, 5.41) is 22.5. The van der Waals surface area contributed by atoms with Crippen LogP contribution in [0.1, 0.15) is 10.4 Å². The van der Waals surface area contributed by atoms with Crippen molar-refractivity contribution in [3.8, 4) is 0 Å². The monoisotopic (exact) mass is 268 g/mol. The molecule has 0 aliphatic rings. The zero-order valence-electron chi connectivity index (χ0n) is 10.1. The van der Waals surface area contributed by atoms with Gasteiger partial charge in [-0.25, -0.2) is 4.79 Å². The molecule has 0 saturated carbocycles. The second kappa shape index (κ2) is 6.57. The van der Waals surface area contributed by atoms with Crippen molar-refractivity contribution in [2.45, 2.75) is 6.10 Å². The van der Waals surface area contributed by atoms with Gasteiger partial charge in [-0.3, -0.25) is 4.79 Å². The van der Waals surface area contributed by atoms with Gasteiger partial charge < -0.3 is 32.3 Å². The third-order valence-electron chi connectivity index (χ3n) is 2.19. The smallest absolute Gasteiger partial charge is 0.316 e. The molecule has 1 rings (SSSR count). The molecule has 0 aliphatic heterocycles. The summed E-state index contributed by atoms with van der Waals surface area (Å²) in [4.78, 5) is 22.5. The zero-order valence-corrected chi connectivity index (χ0v) is 10.1. The van der Waals surface area contributed by atoms with Gasteiger partial charge in [-0.15, -0.1) is 0 Å². The molecular weight excluding hydrogens is 252 g/mol. The quantitative estimate of drug-likeness (QED) is 0.372. The van der Waals surface area contributed by atoms with Crippen LogP contribution >= 0.6 is 0 Å². The Kier molecular flexibility index (Phi) is 5.10. The Balaban J connectivity index is 2.79. The highest BCUT2D eigenvalue weighted by atomic mass is 16.3. The fourth-order valence-corrected chi connectivity index (χ4v) is 1.37. The Morgan fingerprint density at radius 2 is 2.00 bits per heavy atom. The first kappa shape index (κ1) is 14.7. The Hall–Kier alpha value is -2.32. The van der Waals surface area contributed by atoms with E-state index in [1.165, 1.54) is 18.2 Å². The molecule has 1 unspecified atom stereocenters. The topological polar surface area (TPSA) is 151 Å². The van der Waals surface area contributed by atoms with E-state index in [9.17, 15) is 9.59 Å². The van der Waals surface area contributed by atoms with Crippen LogP contribution in [0.2, 0.25) is 0 Å². The van der Waals surface area contributed by atoms with Crippen LogP contribution in [0, 0.1) is 0 Å². The molecule has 8 nitrogen and oxygen atoms in total. The van der Waals surface area contributed by atoms with Crippen LogP contribution in [0.4, 0.5) is 16.2 Å². The number of urea groups is 1. The average molecular weight is 268 g/mol. The van der Waals surface area contributed by atoms with Crippen LogP contribution in [0.3, 0.4) is 0 Å². The molecular formula is C11H16N4O4. The van der Waals surface area contributed by atoms with E-state index in [-0.39, 0.29) is 17.8 Å². The summed E-state index contributed by atoms with van der Waals surface area (Å²) in [5.74, 6) is -0.493. The summed E-state index contributed by atoms with van der Waals surface area (Å²) < 4.78 is 0. The largest absolute Gasteiger partial charge is 0.399 e. The van der Waals surface area contributed by atoms with E-state index in [1.54, 1.807) is 0 Å². The molecule has 0 spiro atoms. The minimum absolute atomic E-state index is 0.0945. The van der Waals surface area contributed by atoms with Crippen LogP contribution in [0.25, 0.3) is 0 Å². The van der Waals surface area contributed by atoms with Crippen molar-refractivity contribution in [3.05, 3.63) is 23.8 Å². The van der Waals surface area contributed by atoms with Crippen molar-refractivity contribution in [1.29, 1.82) is 0 Å². The molecule has 0 radical (unpaired) electrons. The second-order valence-corrected chi connectivity index (χ2v) is 3.88. The van der Waals surface area contributed by atoms with Gasteiger partial charge in [0.25, 0.3) is 5.91 Å². The molecule has 0 aromatic heterocycles. The van der Waals surface area contributed by atoms with Crippen LogP contribution in [-0.2, 0) is 0 Å². The van der Waals surface area contributed by atoms with E-state index in [1.807, 2.05) is 0 Å². The lowest BCUT2D eigenvalue weighted by Crippen LogP contribution is -2.34. The van der Waals surface area contributed by atoms with Gasteiger partial charge in [-0.1, -0.05) is 0 Å². The highest BCUT2D eigenvalue weighted by Crippen LogP contribution is 2.16. The normalized spacial score (nSPS) is 11.7. The lowest BCUT2D eigenvalue weighted by atomic mass is 10.1. The number of hydrogen-bond donors (Lipinski definition) is 6. The fourth-order valence-electron chi connectivity index (χ4n) is 1.37. The van der Waals surface area contributed by atoms with Gasteiger partial charge >= 0.3 is 6.03 Å². The van der Waals surface area contributed by atoms with Crippen molar-refractivity contribution >= 4 is 23.3 Å². The Bertz CT molecular complexity index is 478. The van der Waals surface area contributed by atoms with Crippen LogP contribution in [-0.4, -0.2) is 41.4 Å². The molecule has 0 heterocycles. The number of nitrogen functional groups attached to an aromatic ring is 1. The van der Waals surface area contributed by atoms with Gasteiger partial charge in [0.1, 0.15) is 0 Å². The number of carbonyl (C=O) groups excluding carboxylic acids is 2. The van der Waals surface area contributed by atoms with Crippen LogP contribution < -0.4 is 22.1 Å². The Labute approximate surface area is 109 Å². The van der Waals surface area contributed by atoms with Crippen LogP contribution in [0.15, 0.2) is 18.2 Å². The van der Waals surface area contributed by atoms with Crippen molar-refractivity contribution in [1.82, 2.24) is 5.32 Å². The maximum atomic E-state index is 11.8. The molecule has 0 saturated heterocycles. The maximum absolute atomic E-state index is 11.8. The first-order valence-electron chi connectivity index (χ1n) is 5.46. The number of nitrogens with one attached hydrogen (secondary N) is 2. The third kappa shape index (κ3) is 4.82. The lowest BCUT2D eigenvalue weighted by Gasteiger charge is -2.10. The predicted octanol–water partition coefficient (Wildman–Crippen LogP) is -1.16. The van der Waals surface area contributed by atoms with Crippen molar-refractivity contribution < 1.29 is 19.8 Å². The molecule has 0 fully saturated rings. The number of benzene rings is 1. The summed E-state index contributed by atoms with van der Waals surface area (Å²) in [6.45, 7) is -0.547. The van der Waals surface area contributed by atoms with E-state index < -0.39 is 24.6 Å². The van der Waals surface area contributed by atoms with Gasteiger partial charge in [0, 0.05) is 23.5 Å². The minimum atomic E-state index is -1.03. The Morgan fingerprint density at radius 3 is 2.58 bits per heavy atom. The number of anilines is 2. The van der Waals surface area contributed by atoms with E-state index in [0.717, 1.165) is 0 Å². The summed E-state index contributed by atoms with van der Waals surface area (Å²) in [5.41, 5.74) is 11.3.